The molecule has 0 saturated heterocycles. The third-order valence-corrected chi connectivity index (χ3v) is 4.36. The first kappa shape index (κ1) is 22.8. The second kappa shape index (κ2) is 11.5. The quantitative estimate of drug-likeness (QED) is 0.620. The minimum absolute atomic E-state index is 0.0498. The molecule has 158 valence electrons. The van der Waals surface area contributed by atoms with Crippen molar-refractivity contribution in [1.29, 1.82) is 0 Å². The smallest absolute Gasteiger partial charge is 0.328 e. The maximum Gasteiger partial charge on any atom is 0.328 e. The second-order valence-corrected chi connectivity index (χ2v) is 6.68. The summed E-state index contributed by atoms with van der Waals surface area (Å²) in [7, 11) is 1.23. The van der Waals surface area contributed by atoms with Gasteiger partial charge in [0.25, 0.3) is 0 Å². The molecular weight excluding hydrogens is 387 g/mol. The van der Waals surface area contributed by atoms with Gasteiger partial charge in [0.1, 0.15) is 17.9 Å². The summed E-state index contributed by atoms with van der Waals surface area (Å²) in [5, 5.41) is 5.11. The molecule has 2 aromatic rings. The van der Waals surface area contributed by atoms with Gasteiger partial charge in [0.15, 0.2) is 0 Å². The molecule has 2 aromatic carbocycles. The summed E-state index contributed by atoms with van der Waals surface area (Å²) < 4.78 is 18.8. The van der Waals surface area contributed by atoms with Gasteiger partial charge < -0.3 is 15.4 Å². The van der Waals surface area contributed by atoms with Gasteiger partial charge in [0.2, 0.25) is 11.8 Å². The first-order chi connectivity index (χ1) is 14.4. The molecule has 0 aliphatic carbocycles. The summed E-state index contributed by atoms with van der Waals surface area (Å²) in [6.45, 7) is 1.27. The molecule has 0 spiro atoms. The van der Waals surface area contributed by atoms with Gasteiger partial charge in [-0.25, -0.2) is 9.18 Å². The number of hydrogen-bond donors (Lipinski definition) is 2. The Kier molecular flexibility index (Phi) is 8.75. The molecular formula is C23H25FN2O4. The van der Waals surface area contributed by atoms with Crippen molar-refractivity contribution in [2.24, 2.45) is 0 Å². The van der Waals surface area contributed by atoms with Gasteiger partial charge in [-0.1, -0.05) is 60.7 Å². The van der Waals surface area contributed by atoms with Crippen LogP contribution in [-0.2, 0) is 25.5 Å². The first-order valence-electron chi connectivity index (χ1n) is 9.51. The lowest BCUT2D eigenvalue weighted by atomic mass is 10.0. The van der Waals surface area contributed by atoms with Crippen LogP contribution in [-0.4, -0.2) is 37.0 Å². The van der Waals surface area contributed by atoms with Gasteiger partial charge in [-0.05, 0) is 23.6 Å². The van der Waals surface area contributed by atoms with Crippen molar-refractivity contribution >= 4 is 23.9 Å². The Morgan fingerprint density at radius 1 is 1.00 bits per heavy atom. The normalized spacial score (nSPS) is 12.8. The number of nitrogens with one attached hydrogen (secondary N) is 2. The second-order valence-electron chi connectivity index (χ2n) is 6.68. The average Bonchev–Trinajstić information content (AvgIpc) is 2.73. The van der Waals surface area contributed by atoms with E-state index in [0.717, 1.165) is 5.56 Å². The van der Waals surface area contributed by atoms with Gasteiger partial charge in [-0.3, -0.25) is 9.59 Å². The molecule has 30 heavy (non-hydrogen) atoms. The summed E-state index contributed by atoms with van der Waals surface area (Å²) in [6.07, 6.45) is 3.72. The third kappa shape index (κ3) is 7.16. The fourth-order valence-corrected chi connectivity index (χ4v) is 2.87. The van der Waals surface area contributed by atoms with E-state index in [-0.39, 0.29) is 18.4 Å². The molecule has 2 N–H and O–H groups in total. The molecule has 0 bridgehead atoms. The van der Waals surface area contributed by atoms with Gasteiger partial charge in [-0.2, -0.15) is 0 Å². The largest absolute Gasteiger partial charge is 0.467 e. The molecule has 6 nitrogen and oxygen atoms in total. The summed E-state index contributed by atoms with van der Waals surface area (Å²) in [4.78, 5) is 36.5. The predicted molar refractivity (Wildman–Crippen MR) is 112 cm³/mol. The summed E-state index contributed by atoms with van der Waals surface area (Å²) >= 11 is 0. The van der Waals surface area contributed by atoms with Crippen LogP contribution >= 0.6 is 0 Å². The zero-order valence-corrected chi connectivity index (χ0v) is 16.9. The van der Waals surface area contributed by atoms with Crippen LogP contribution in [0.5, 0.6) is 0 Å². The van der Waals surface area contributed by atoms with Crippen molar-refractivity contribution < 1.29 is 23.5 Å². The van der Waals surface area contributed by atoms with Crippen molar-refractivity contribution in [3.05, 3.63) is 77.6 Å². The van der Waals surface area contributed by atoms with Gasteiger partial charge in [-0.15, -0.1) is 0 Å². The molecule has 0 saturated carbocycles. The molecule has 7 heteroatoms. The van der Waals surface area contributed by atoms with E-state index in [1.807, 2.05) is 36.4 Å². The van der Waals surface area contributed by atoms with Crippen molar-refractivity contribution in [3.8, 4) is 0 Å². The van der Waals surface area contributed by atoms with Gasteiger partial charge >= 0.3 is 5.97 Å². The Bertz CT molecular complexity index is 899. The van der Waals surface area contributed by atoms with Crippen LogP contribution in [0.4, 0.5) is 4.39 Å². The monoisotopic (exact) mass is 412 g/mol. The Morgan fingerprint density at radius 3 is 2.30 bits per heavy atom. The fourth-order valence-electron chi connectivity index (χ4n) is 2.87. The summed E-state index contributed by atoms with van der Waals surface area (Å²) in [5.41, 5.74) is 1.23. The van der Waals surface area contributed by atoms with Crippen molar-refractivity contribution in [2.45, 2.75) is 31.8 Å². The first-order valence-corrected chi connectivity index (χ1v) is 9.51. The van der Waals surface area contributed by atoms with Crippen LogP contribution in [0, 0.1) is 5.82 Å². The number of rotatable bonds is 9. The number of methoxy groups -OCH3 is 1. The Hall–Kier alpha value is -3.48. The van der Waals surface area contributed by atoms with E-state index in [1.54, 1.807) is 18.2 Å². The van der Waals surface area contributed by atoms with Gasteiger partial charge in [0, 0.05) is 13.3 Å². The number of ether oxygens (including phenoxy) is 1. The lowest BCUT2D eigenvalue weighted by molar-refractivity contribution is -0.145. The molecule has 0 radical (unpaired) electrons. The minimum atomic E-state index is -1.04. The highest BCUT2D eigenvalue weighted by Crippen LogP contribution is 2.10. The van der Waals surface area contributed by atoms with Crippen LogP contribution < -0.4 is 10.6 Å². The van der Waals surface area contributed by atoms with Crippen LogP contribution in [0.3, 0.4) is 0 Å². The number of carbonyl (C=O) groups excluding carboxylic acids is 3. The number of hydrogen-bond acceptors (Lipinski definition) is 4. The fraction of sp³-hybridized carbons (Fsp3) is 0.261. The summed E-state index contributed by atoms with van der Waals surface area (Å²) in [5.74, 6) is -2.13. The van der Waals surface area contributed by atoms with Crippen molar-refractivity contribution in [3.63, 3.8) is 0 Å². The van der Waals surface area contributed by atoms with E-state index in [2.05, 4.69) is 10.6 Å². The number of benzene rings is 2. The van der Waals surface area contributed by atoms with Crippen molar-refractivity contribution in [1.82, 2.24) is 10.6 Å². The van der Waals surface area contributed by atoms with Crippen LogP contribution in [0.2, 0.25) is 0 Å². The lowest BCUT2D eigenvalue weighted by Crippen LogP contribution is -2.52. The van der Waals surface area contributed by atoms with E-state index < -0.39 is 35.7 Å². The summed E-state index contributed by atoms with van der Waals surface area (Å²) in [6, 6.07) is 13.5. The highest BCUT2D eigenvalue weighted by molar-refractivity contribution is 5.90. The highest BCUT2D eigenvalue weighted by Gasteiger charge is 2.27. The van der Waals surface area contributed by atoms with Gasteiger partial charge in [0.05, 0.1) is 7.11 Å². The van der Waals surface area contributed by atoms with Crippen LogP contribution in [0.25, 0.3) is 6.08 Å². The lowest BCUT2D eigenvalue weighted by Gasteiger charge is -2.21. The van der Waals surface area contributed by atoms with Crippen LogP contribution in [0.1, 0.15) is 24.5 Å². The van der Waals surface area contributed by atoms with E-state index >= 15 is 0 Å². The third-order valence-electron chi connectivity index (χ3n) is 4.36. The topological polar surface area (TPSA) is 84.5 Å². The standard InChI is InChI=1S/C23H25FN2O4/c1-16(27)25-21(15-18-12-6-7-13-19(18)24)22(28)26-20(23(29)30-2)14-8-11-17-9-4-3-5-10-17/h3-13,20-21H,14-15H2,1-2H3,(H,25,27)(H,26,28)/b11-8+/t20-,21-/m1/s1. The maximum absolute atomic E-state index is 14.0. The molecule has 2 rings (SSSR count). The molecule has 0 aromatic heterocycles. The minimum Gasteiger partial charge on any atom is -0.467 e. The highest BCUT2D eigenvalue weighted by atomic mass is 19.1. The number of carbonyl (C=O) groups is 3. The zero-order valence-electron chi connectivity index (χ0n) is 16.9. The average molecular weight is 412 g/mol. The molecule has 0 aliphatic heterocycles. The zero-order chi connectivity index (χ0) is 21.9. The molecule has 2 amide bonds. The van der Waals surface area contributed by atoms with Crippen LogP contribution in [0.15, 0.2) is 60.7 Å². The molecule has 0 fully saturated rings. The molecule has 0 unspecified atom stereocenters. The Labute approximate surface area is 175 Å². The predicted octanol–water partition coefficient (Wildman–Crippen LogP) is 2.63. The number of esters is 1. The number of amides is 2. The molecule has 0 aliphatic rings. The Morgan fingerprint density at radius 2 is 1.67 bits per heavy atom. The SMILES string of the molecule is COC(=O)[C@@H](C/C=C/c1ccccc1)NC(=O)[C@@H](Cc1ccccc1F)NC(C)=O. The van der Waals surface area contributed by atoms with E-state index in [1.165, 1.54) is 26.2 Å². The van der Waals surface area contributed by atoms with Crippen molar-refractivity contribution in [2.75, 3.05) is 7.11 Å². The van der Waals surface area contributed by atoms with E-state index in [0.29, 0.717) is 0 Å². The maximum atomic E-state index is 14.0. The Balaban J connectivity index is 2.11. The molecule has 2 atom stereocenters. The molecule has 0 heterocycles. The van der Waals surface area contributed by atoms with E-state index in [4.69, 9.17) is 4.74 Å². The number of halogens is 1. The van der Waals surface area contributed by atoms with E-state index in [9.17, 15) is 18.8 Å².